The van der Waals surface area contributed by atoms with Crippen LogP contribution in [0.1, 0.15) is 0 Å². The summed E-state index contributed by atoms with van der Waals surface area (Å²) in [4.78, 5) is 25.3. The Labute approximate surface area is 106 Å². The smallest absolute Gasteiger partial charge is 0.475 e. The van der Waals surface area contributed by atoms with E-state index in [2.05, 4.69) is 4.98 Å². The second-order valence-corrected chi connectivity index (χ2v) is 3.17. The van der Waals surface area contributed by atoms with Crippen LogP contribution in [0.5, 0.6) is 0 Å². The van der Waals surface area contributed by atoms with Crippen LogP contribution in [0.25, 0.3) is 0 Å². The van der Waals surface area contributed by atoms with Gasteiger partial charge in [-0.2, -0.15) is 13.2 Å². The maximum atomic E-state index is 11.1. The first kappa shape index (κ1) is 16.8. The Morgan fingerprint density at radius 3 is 2.11 bits per heavy atom. The molecule has 1 aromatic rings. The molecule has 9 heteroatoms. The molecule has 0 aromatic carbocycles. The van der Waals surface area contributed by atoms with Crippen molar-refractivity contribution in [3.8, 4) is 0 Å². The van der Waals surface area contributed by atoms with Gasteiger partial charge in [-0.25, -0.2) is 4.79 Å². The number of rotatable bonds is 2. The Kier molecular flexibility index (Phi) is 6.48. The number of carboxylic acid groups (broad SMARTS) is 1. The summed E-state index contributed by atoms with van der Waals surface area (Å²) in [5.41, 5.74) is 6.01. The summed E-state index contributed by atoms with van der Waals surface area (Å²) >= 11 is 0. The molecule has 106 valence electrons. The topological polar surface area (TPSA) is 96.5 Å². The normalized spacial score (nSPS) is 10.2. The number of amides is 1. The predicted molar refractivity (Wildman–Crippen MR) is 60.4 cm³/mol. The number of anilines is 1. The third-order valence-corrected chi connectivity index (χ3v) is 1.84. The summed E-state index contributed by atoms with van der Waals surface area (Å²) in [7, 11) is 1.69. The molecule has 0 saturated carbocycles. The monoisotopic (exact) mass is 279 g/mol. The van der Waals surface area contributed by atoms with E-state index in [1.807, 2.05) is 0 Å². The molecule has 3 N–H and O–H groups in total. The lowest BCUT2D eigenvalue weighted by Crippen LogP contribution is -2.32. The first-order valence-corrected chi connectivity index (χ1v) is 4.87. The lowest BCUT2D eigenvalue weighted by molar-refractivity contribution is -0.192. The molecule has 0 fully saturated rings. The lowest BCUT2D eigenvalue weighted by atomic mass is 10.3. The average Bonchev–Trinajstić information content (AvgIpc) is 2.37. The third kappa shape index (κ3) is 6.36. The molecule has 0 spiro atoms. The maximum absolute atomic E-state index is 11.1. The van der Waals surface area contributed by atoms with Gasteiger partial charge in [-0.3, -0.25) is 9.78 Å². The van der Waals surface area contributed by atoms with E-state index in [0.29, 0.717) is 0 Å². The number of carboxylic acids is 1. The van der Waals surface area contributed by atoms with Crippen LogP contribution in [0.2, 0.25) is 0 Å². The predicted octanol–water partition coefficient (Wildman–Crippen LogP) is 0.636. The van der Waals surface area contributed by atoms with Gasteiger partial charge in [0.25, 0.3) is 0 Å². The van der Waals surface area contributed by atoms with Gasteiger partial charge in [0.15, 0.2) is 0 Å². The number of aromatic nitrogens is 1. The number of carbonyl (C=O) groups is 2. The summed E-state index contributed by atoms with van der Waals surface area (Å²) in [6.07, 6.45) is -1.81. The lowest BCUT2D eigenvalue weighted by Gasteiger charge is -2.15. The van der Waals surface area contributed by atoms with Crippen molar-refractivity contribution < 1.29 is 27.9 Å². The number of alkyl halides is 3. The number of carbonyl (C=O) groups excluding carboxylic acids is 1. The minimum Gasteiger partial charge on any atom is -0.475 e. The Balaban J connectivity index is 0.000000399. The van der Waals surface area contributed by atoms with E-state index in [1.165, 1.54) is 4.90 Å². The zero-order valence-electron chi connectivity index (χ0n) is 9.89. The van der Waals surface area contributed by atoms with Gasteiger partial charge < -0.3 is 15.7 Å². The van der Waals surface area contributed by atoms with Gasteiger partial charge in [-0.15, -0.1) is 0 Å². The van der Waals surface area contributed by atoms with Crippen LogP contribution in [0.3, 0.4) is 0 Å². The number of nitrogens with two attached hydrogens (primary N) is 1. The van der Waals surface area contributed by atoms with Crippen molar-refractivity contribution in [2.45, 2.75) is 6.18 Å². The van der Waals surface area contributed by atoms with Crippen molar-refractivity contribution in [1.82, 2.24) is 4.98 Å². The van der Waals surface area contributed by atoms with E-state index in [4.69, 9.17) is 15.6 Å². The summed E-state index contributed by atoms with van der Waals surface area (Å²) < 4.78 is 31.7. The summed E-state index contributed by atoms with van der Waals surface area (Å²) in [6.45, 7) is 0.0266. The van der Waals surface area contributed by atoms with E-state index in [9.17, 15) is 18.0 Å². The highest BCUT2D eigenvalue weighted by Gasteiger charge is 2.38. The average molecular weight is 279 g/mol. The van der Waals surface area contributed by atoms with Crippen LogP contribution in [-0.2, 0) is 9.59 Å². The van der Waals surface area contributed by atoms with E-state index in [0.717, 1.165) is 5.69 Å². The molecule has 1 rings (SSSR count). The van der Waals surface area contributed by atoms with Gasteiger partial charge >= 0.3 is 12.1 Å². The van der Waals surface area contributed by atoms with Gasteiger partial charge in [0.1, 0.15) is 0 Å². The molecule has 0 aliphatic heterocycles. The first-order chi connectivity index (χ1) is 8.70. The summed E-state index contributed by atoms with van der Waals surface area (Å²) in [5.74, 6) is -2.87. The minimum absolute atomic E-state index is 0.0266. The van der Waals surface area contributed by atoms with Crippen molar-refractivity contribution in [3.05, 3.63) is 24.5 Å². The molecular weight excluding hydrogens is 267 g/mol. The van der Waals surface area contributed by atoms with Crippen molar-refractivity contribution in [2.75, 3.05) is 18.5 Å². The molecule has 0 aliphatic carbocycles. The van der Waals surface area contributed by atoms with Crippen LogP contribution in [0.4, 0.5) is 18.9 Å². The Morgan fingerprint density at radius 1 is 1.37 bits per heavy atom. The molecule has 1 heterocycles. The molecule has 6 nitrogen and oxygen atoms in total. The zero-order valence-corrected chi connectivity index (χ0v) is 9.89. The summed E-state index contributed by atoms with van der Waals surface area (Å²) in [6, 6.07) is 3.51. The SMILES string of the molecule is CN(C(=O)CN)c1ccncc1.O=C(O)C(F)(F)F. The second-order valence-electron chi connectivity index (χ2n) is 3.17. The molecule has 1 amide bonds. The molecule has 1 aromatic heterocycles. The molecule has 0 radical (unpaired) electrons. The van der Waals surface area contributed by atoms with Crippen molar-refractivity contribution in [3.63, 3.8) is 0 Å². The highest BCUT2D eigenvalue weighted by Crippen LogP contribution is 2.13. The van der Waals surface area contributed by atoms with Crippen molar-refractivity contribution in [2.24, 2.45) is 5.73 Å². The van der Waals surface area contributed by atoms with Gasteiger partial charge in [-0.05, 0) is 12.1 Å². The van der Waals surface area contributed by atoms with Crippen LogP contribution in [0.15, 0.2) is 24.5 Å². The molecular formula is C10H12F3N3O3. The van der Waals surface area contributed by atoms with Gasteiger partial charge in [-0.1, -0.05) is 0 Å². The maximum Gasteiger partial charge on any atom is 0.490 e. The number of hydrogen-bond acceptors (Lipinski definition) is 4. The fourth-order valence-electron chi connectivity index (χ4n) is 0.849. The fraction of sp³-hybridized carbons (Fsp3) is 0.300. The fourth-order valence-corrected chi connectivity index (χ4v) is 0.849. The van der Waals surface area contributed by atoms with Crippen LogP contribution < -0.4 is 10.6 Å². The Hall–Kier alpha value is -2.16. The third-order valence-electron chi connectivity index (χ3n) is 1.84. The second kappa shape index (κ2) is 7.31. The van der Waals surface area contributed by atoms with Crippen molar-refractivity contribution >= 4 is 17.6 Å². The molecule has 0 saturated heterocycles. The number of nitrogens with zero attached hydrogens (tertiary/aromatic N) is 2. The zero-order chi connectivity index (χ0) is 15.1. The van der Waals surface area contributed by atoms with E-state index in [1.54, 1.807) is 31.6 Å². The Morgan fingerprint density at radius 2 is 1.79 bits per heavy atom. The van der Waals surface area contributed by atoms with E-state index in [-0.39, 0.29) is 12.5 Å². The Bertz CT molecular complexity index is 423. The molecule has 0 bridgehead atoms. The highest BCUT2D eigenvalue weighted by atomic mass is 19.4. The molecule has 0 aliphatic rings. The summed E-state index contributed by atoms with van der Waals surface area (Å²) in [5, 5.41) is 7.12. The number of pyridine rings is 1. The van der Waals surface area contributed by atoms with E-state index >= 15 is 0 Å². The number of hydrogen-bond donors (Lipinski definition) is 2. The van der Waals surface area contributed by atoms with Gasteiger partial charge in [0, 0.05) is 25.1 Å². The van der Waals surface area contributed by atoms with Crippen molar-refractivity contribution in [1.29, 1.82) is 0 Å². The number of aliphatic carboxylic acids is 1. The highest BCUT2D eigenvalue weighted by molar-refractivity contribution is 5.93. The van der Waals surface area contributed by atoms with E-state index < -0.39 is 12.1 Å². The standard InChI is InChI=1S/C8H11N3O.C2HF3O2/c1-11(8(12)6-9)7-2-4-10-5-3-7;3-2(4,5)1(6)7/h2-5H,6,9H2,1H3;(H,6,7). The molecule has 0 unspecified atom stereocenters. The number of halogens is 3. The van der Waals surface area contributed by atoms with Crippen LogP contribution in [-0.4, -0.2) is 41.7 Å². The molecule has 19 heavy (non-hydrogen) atoms. The van der Waals surface area contributed by atoms with Crippen LogP contribution >= 0.6 is 0 Å². The quantitative estimate of drug-likeness (QED) is 0.828. The van der Waals surface area contributed by atoms with Gasteiger partial charge in [0.05, 0.1) is 6.54 Å². The number of likely N-dealkylation sites (N-methyl/N-ethyl adjacent to an activating group) is 1. The first-order valence-electron chi connectivity index (χ1n) is 4.87. The largest absolute Gasteiger partial charge is 0.490 e. The minimum atomic E-state index is -5.08. The van der Waals surface area contributed by atoms with Gasteiger partial charge in [0.2, 0.25) is 5.91 Å². The van der Waals surface area contributed by atoms with Crippen LogP contribution in [0, 0.1) is 0 Å². The molecule has 0 atom stereocenters.